The van der Waals surface area contributed by atoms with Gasteiger partial charge in [0.05, 0.1) is 12.2 Å². The SMILES string of the molecule is CC(C)OP(=O)(OC(C)C)[C@H]1NN=C(C#N)[C@@H]1C. The van der Waals surface area contributed by atoms with Gasteiger partial charge in [0.1, 0.15) is 11.8 Å². The van der Waals surface area contributed by atoms with Gasteiger partial charge < -0.3 is 9.05 Å². The molecule has 0 aromatic heterocycles. The van der Waals surface area contributed by atoms with Crippen LogP contribution in [0.25, 0.3) is 0 Å². The molecule has 0 saturated carbocycles. The Hall–Kier alpha value is -0.890. The number of hydrogen-bond acceptors (Lipinski definition) is 6. The van der Waals surface area contributed by atoms with E-state index < -0.39 is 13.4 Å². The van der Waals surface area contributed by atoms with Gasteiger partial charge in [0.25, 0.3) is 0 Å². The van der Waals surface area contributed by atoms with Crippen LogP contribution in [0, 0.1) is 17.2 Å². The van der Waals surface area contributed by atoms with Gasteiger partial charge in [-0.1, -0.05) is 6.92 Å². The summed E-state index contributed by atoms with van der Waals surface area (Å²) in [6, 6.07) is 1.98. The van der Waals surface area contributed by atoms with Gasteiger partial charge in [0, 0.05) is 5.92 Å². The van der Waals surface area contributed by atoms with Gasteiger partial charge in [-0.2, -0.15) is 10.4 Å². The average molecular weight is 273 g/mol. The molecule has 1 heterocycles. The Kier molecular flexibility index (Phi) is 4.92. The molecule has 1 aliphatic heterocycles. The van der Waals surface area contributed by atoms with Gasteiger partial charge in [0.2, 0.25) is 0 Å². The summed E-state index contributed by atoms with van der Waals surface area (Å²) in [6.07, 6.45) is -0.454. The van der Waals surface area contributed by atoms with Crippen LogP contribution < -0.4 is 5.43 Å². The maximum Gasteiger partial charge on any atom is 0.355 e. The van der Waals surface area contributed by atoms with Crippen LogP contribution in [-0.2, 0) is 13.6 Å². The van der Waals surface area contributed by atoms with Crippen LogP contribution in [0.15, 0.2) is 5.10 Å². The van der Waals surface area contributed by atoms with E-state index in [0.717, 1.165) is 0 Å². The van der Waals surface area contributed by atoms with Gasteiger partial charge in [-0.05, 0) is 27.7 Å². The van der Waals surface area contributed by atoms with E-state index in [1.807, 2.05) is 6.07 Å². The lowest BCUT2D eigenvalue weighted by atomic mass is 10.1. The molecule has 0 fully saturated rings. The molecular weight excluding hydrogens is 253 g/mol. The number of rotatable bonds is 5. The van der Waals surface area contributed by atoms with Crippen LogP contribution >= 0.6 is 7.60 Å². The third-order valence-electron chi connectivity index (χ3n) is 2.39. The third kappa shape index (κ3) is 3.32. The van der Waals surface area contributed by atoms with Crippen LogP contribution in [0.4, 0.5) is 0 Å². The number of nitrogens with zero attached hydrogens (tertiary/aromatic N) is 2. The zero-order valence-corrected chi connectivity index (χ0v) is 12.3. The fourth-order valence-electron chi connectivity index (χ4n) is 1.71. The van der Waals surface area contributed by atoms with E-state index in [1.54, 1.807) is 34.6 Å². The van der Waals surface area contributed by atoms with Crippen molar-refractivity contribution in [2.75, 3.05) is 0 Å². The quantitative estimate of drug-likeness (QED) is 0.778. The summed E-state index contributed by atoms with van der Waals surface area (Å²) in [7, 11) is -3.36. The molecule has 0 aromatic carbocycles. The zero-order chi connectivity index (χ0) is 13.9. The summed E-state index contributed by atoms with van der Waals surface area (Å²) in [6.45, 7) is 8.96. The van der Waals surface area contributed by atoms with Crippen molar-refractivity contribution < 1.29 is 13.6 Å². The summed E-state index contributed by atoms with van der Waals surface area (Å²) in [5.41, 5.74) is 3.03. The molecule has 0 saturated heterocycles. The van der Waals surface area contributed by atoms with E-state index in [9.17, 15) is 4.57 Å². The molecule has 102 valence electrons. The lowest BCUT2D eigenvalue weighted by molar-refractivity contribution is 0.132. The fourth-order valence-corrected chi connectivity index (χ4v) is 4.09. The Morgan fingerprint density at radius 2 is 1.83 bits per heavy atom. The number of nitriles is 1. The summed E-state index contributed by atoms with van der Waals surface area (Å²) < 4.78 is 23.8. The highest BCUT2D eigenvalue weighted by Gasteiger charge is 2.46. The highest BCUT2D eigenvalue weighted by molar-refractivity contribution is 7.54. The van der Waals surface area contributed by atoms with Crippen molar-refractivity contribution in [3.63, 3.8) is 0 Å². The average Bonchev–Trinajstić information content (AvgIpc) is 2.57. The Bertz CT molecular complexity index is 400. The van der Waals surface area contributed by atoms with Gasteiger partial charge in [-0.25, -0.2) is 0 Å². The zero-order valence-electron chi connectivity index (χ0n) is 11.4. The van der Waals surface area contributed by atoms with E-state index >= 15 is 0 Å². The highest BCUT2D eigenvalue weighted by Crippen LogP contribution is 2.57. The van der Waals surface area contributed by atoms with Crippen LogP contribution in [0.5, 0.6) is 0 Å². The van der Waals surface area contributed by atoms with E-state index in [0.29, 0.717) is 5.71 Å². The molecular formula is C11H20N3O3P. The van der Waals surface area contributed by atoms with Crippen LogP contribution in [0.3, 0.4) is 0 Å². The molecule has 7 heteroatoms. The molecule has 18 heavy (non-hydrogen) atoms. The lowest BCUT2D eigenvalue weighted by Crippen LogP contribution is -2.31. The summed E-state index contributed by atoms with van der Waals surface area (Å²) in [5.74, 6) is -0.893. The monoisotopic (exact) mass is 273 g/mol. The second kappa shape index (κ2) is 5.83. The molecule has 0 radical (unpaired) electrons. The van der Waals surface area contributed by atoms with Gasteiger partial charge in [-0.3, -0.25) is 9.99 Å². The first-order valence-corrected chi connectivity index (χ1v) is 7.61. The Morgan fingerprint density at radius 1 is 1.33 bits per heavy atom. The highest BCUT2D eigenvalue weighted by atomic mass is 31.2. The topological polar surface area (TPSA) is 83.7 Å². The smallest absolute Gasteiger partial charge is 0.304 e. The van der Waals surface area contributed by atoms with E-state index in [-0.39, 0.29) is 18.1 Å². The van der Waals surface area contributed by atoms with Gasteiger partial charge in [0.15, 0.2) is 5.78 Å². The van der Waals surface area contributed by atoms with Crippen molar-refractivity contribution in [3.8, 4) is 6.07 Å². The number of nitrogens with one attached hydrogen (secondary N) is 1. The normalized spacial score (nSPS) is 24.0. The largest absolute Gasteiger partial charge is 0.355 e. The fraction of sp³-hybridized carbons (Fsp3) is 0.818. The van der Waals surface area contributed by atoms with Crippen molar-refractivity contribution in [3.05, 3.63) is 0 Å². The second-order valence-electron chi connectivity index (χ2n) is 4.82. The Morgan fingerprint density at radius 3 is 2.17 bits per heavy atom. The molecule has 6 nitrogen and oxygen atoms in total. The van der Waals surface area contributed by atoms with Crippen LogP contribution in [-0.4, -0.2) is 23.7 Å². The predicted octanol–water partition coefficient (Wildman–Crippen LogP) is 2.47. The molecule has 0 unspecified atom stereocenters. The summed E-state index contributed by atoms with van der Waals surface area (Å²) >= 11 is 0. The molecule has 0 aromatic rings. The predicted molar refractivity (Wildman–Crippen MR) is 69.2 cm³/mol. The minimum atomic E-state index is -3.36. The standard InChI is InChI=1S/C11H20N3O3P/c1-7(2)16-18(15,17-8(3)4)11-9(5)10(6-12)13-14-11/h7-9,11,14H,1-5H3/t9-,11+/m0/s1. The molecule has 1 aliphatic rings. The Labute approximate surface area is 108 Å². The molecule has 0 amide bonds. The maximum absolute atomic E-state index is 12.8. The van der Waals surface area contributed by atoms with Crippen LogP contribution in [0.2, 0.25) is 0 Å². The first-order valence-electron chi connectivity index (χ1n) is 6.00. The van der Waals surface area contributed by atoms with E-state index in [4.69, 9.17) is 14.3 Å². The Balaban J connectivity index is 2.93. The molecule has 0 spiro atoms. The van der Waals surface area contributed by atoms with Gasteiger partial charge >= 0.3 is 7.60 Å². The van der Waals surface area contributed by atoms with Gasteiger partial charge in [-0.15, -0.1) is 0 Å². The second-order valence-corrected chi connectivity index (χ2v) is 6.88. The molecule has 0 bridgehead atoms. The summed E-state index contributed by atoms with van der Waals surface area (Å²) in [4.78, 5) is 0. The van der Waals surface area contributed by atoms with Crippen molar-refractivity contribution in [1.29, 1.82) is 5.26 Å². The van der Waals surface area contributed by atoms with Crippen LogP contribution in [0.1, 0.15) is 34.6 Å². The van der Waals surface area contributed by atoms with E-state index in [1.165, 1.54) is 0 Å². The minimum absolute atomic E-state index is 0.227. The molecule has 1 rings (SSSR count). The van der Waals surface area contributed by atoms with E-state index in [2.05, 4.69) is 10.5 Å². The summed E-state index contributed by atoms with van der Waals surface area (Å²) in [5, 5.41) is 12.8. The van der Waals surface area contributed by atoms with Crippen molar-refractivity contribution in [1.82, 2.24) is 5.43 Å². The first kappa shape index (κ1) is 15.2. The van der Waals surface area contributed by atoms with Crippen molar-refractivity contribution >= 4 is 13.3 Å². The molecule has 2 atom stereocenters. The maximum atomic E-state index is 12.8. The molecule has 0 aliphatic carbocycles. The van der Waals surface area contributed by atoms with Crippen molar-refractivity contribution in [2.45, 2.75) is 52.6 Å². The number of hydrazone groups is 1. The first-order chi connectivity index (χ1) is 8.30. The minimum Gasteiger partial charge on any atom is -0.304 e. The van der Waals surface area contributed by atoms with Crippen molar-refractivity contribution in [2.24, 2.45) is 11.0 Å². The molecule has 1 N–H and O–H groups in total. The third-order valence-corrected chi connectivity index (χ3v) is 5.07. The lowest BCUT2D eigenvalue weighted by Gasteiger charge is -2.29. The number of hydrogen-bond donors (Lipinski definition) is 1.